The standard InChI is InChI=1S/C23H21NO5/c1-28-22(25)18-12-10-16(11-13-18)15-29-20-9-5-8-19(14-20)21(24-23(26)27)17-6-3-2-4-7-17/h2-14,21,24H,15H2,1H3,(H,26,27). The van der Waals surface area contributed by atoms with Crippen molar-refractivity contribution in [1.82, 2.24) is 5.32 Å². The highest BCUT2D eigenvalue weighted by Crippen LogP contribution is 2.25. The Bertz CT molecular complexity index is 970. The Hall–Kier alpha value is -3.80. The van der Waals surface area contributed by atoms with Crippen LogP contribution in [0.3, 0.4) is 0 Å². The summed E-state index contributed by atoms with van der Waals surface area (Å²) in [4.78, 5) is 22.8. The van der Waals surface area contributed by atoms with E-state index in [0.29, 0.717) is 17.9 Å². The molecule has 3 aromatic carbocycles. The summed E-state index contributed by atoms with van der Waals surface area (Å²) in [5.74, 6) is 0.232. The molecule has 6 heteroatoms. The molecule has 0 radical (unpaired) electrons. The molecule has 0 heterocycles. The average molecular weight is 391 g/mol. The number of amides is 1. The number of hydrogen-bond donors (Lipinski definition) is 2. The molecule has 0 bridgehead atoms. The highest BCUT2D eigenvalue weighted by molar-refractivity contribution is 5.89. The second kappa shape index (κ2) is 9.41. The van der Waals surface area contributed by atoms with Crippen molar-refractivity contribution in [3.8, 4) is 5.75 Å². The molecule has 1 unspecified atom stereocenters. The van der Waals surface area contributed by atoms with E-state index in [1.807, 2.05) is 54.6 Å². The van der Waals surface area contributed by atoms with E-state index >= 15 is 0 Å². The Morgan fingerprint density at radius 1 is 0.931 bits per heavy atom. The summed E-state index contributed by atoms with van der Waals surface area (Å²) in [7, 11) is 1.34. The number of carboxylic acid groups (broad SMARTS) is 1. The molecule has 0 saturated carbocycles. The first kappa shape index (κ1) is 19.9. The van der Waals surface area contributed by atoms with Gasteiger partial charge in [0.2, 0.25) is 0 Å². The van der Waals surface area contributed by atoms with Crippen molar-refractivity contribution in [2.45, 2.75) is 12.6 Å². The number of ether oxygens (including phenoxy) is 2. The van der Waals surface area contributed by atoms with Gasteiger partial charge in [0.1, 0.15) is 12.4 Å². The van der Waals surface area contributed by atoms with Crippen LogP contribution in [0.15, 0.2) is 78.9 Å². The predicted octanol–water partition coefficient (Wildman–Crippen LogP) is 4.41. The quantitative estimate of drug-likeness (QED) is 0.583. The van der Waals surface area contributed by atoms with Crippen LogP contribution in [0.2, 0.25) is 0 Å². The van der Waals surface area contributed by atoms with Gasteiger partial charge in [-0.3, -0.25) is 0 Å². The number of rotatable bonds is 7. The maximum atomic E-state index is 11.5. The number of carbonyl (C=O) groups is 2. The molecule has 6 nitrogen and oxygen atoms in total. The predicted molar refractivity (Wildman–Crippen MR) is 108 cm³/mol. The van der Waals surface area contributed by atoms with E-state index < -0.39 is 12.1 Å². The molecule has 0 aliphatic rings. The highest BCUT2D eigenvalue weighted by atomic mass is 16.5. The lowest BCUT2D eigenvalue weighted by molar-refractivity contribution is 0.0600. The number of esters is 1. The Balaban J connectivity index is 1.74. The normalized spacial score (nSPS) is 11.3. The highest BCUT2D eigenvalue weighted by Gasteiger charge is 2.17. The second-order valence-electron chi connectivity index (χ2n) is 6.34. The van der Waals surface area contributed by atoms with Crippen molar-refractivity contribution < 1.29 is 24.2 Å². The van der Waals surface area contributed by atoms with E-state index in [9.17, 15) is 14.7 Å². The molecule has 1 amide bonds. The van der Waals surface area contributed by atoms with Crippen LogP contribution in [-0.4, -0.2) is 24.3 Å². The molecule has 0 saturated heterocycles. The fraction of sp³-hybridized carbons (Fsp3) is 0.130. The minimum Gasteiger partial charge on any atom is -0.489 e. The summed E-state index contributed by atoms with van der Waals surface area (Å²) in [5, 5.41) is 11.8. The zero-order valence-corrected chi connectivity index (χ0v) is 15.9. The lowest BCUT2D eigenvalue weighted by Gasteiger charge is -2.19. The summed E-state index contributed by atoms with van der Waals surface area (Å²) in [6.45, 7) is 0.313. The van der Waals surface area contributed by atoms with E-state index in [1.54, 1.807) is 24.3 Å². The van der Waals surface area contributed by atoms with Crippen LogP contribution in [-0.2, 0) is 11.3 Å². The molecule has 0 aliphatic heterocycles. The third-order valence-electron chi connectivity index (χ3n) is 4.37. The van der Waals surface area contributed by atoms with E-state index in [-0.39, 0.29) is 5.97 Å². The molecule has 29 heavy (non-hydrogen) atoms. The number of methoxy groups -OCH3 is 1. The molecule has 3 rings (SSSR count). The van der Waals surface area contributed by atoms with Crippen molar-refractivity contribution in [2.75, 3.05) is 7.11 Å². The monoisotopic (exact) mass is 391 g/mol. The van der Waals surface area contributed by atoms with Gasteiger partial charge in [-0.15, -0.1) is 0 Å². The van der Waals surface area contributed by atoms with Crippen LogP contribution in [0.5, 0.6) is 5.75 Å². The van der Waals surface area contributed by atoms with Gasteiger partial charge in [-0.1, -0.05) is 54.6 Å². The fourth-order valence-electron chi connectivity index (χ4n) is 2.93. The summed E-state index contributed by atoms with van der Waals surface area (Å²) in [5.41, 5.74) is 2.98. The van der Waals surface area contributed by atoms with Crippen LogP contribution in [0.25, 0.3) is 0 Å². The summed E-state index contributed by atoms with van der Waals surface area (Å²) >= 11 is 0. The molecule has 1 atom stereocenters. The van der Waals surface area contributed by atoms with E-state index in [0.717, 1.165) is 16.7 Å². The van der Waals surface area contributed by atoms with E-state index in [4.69, 9.17) is 4.74 Å². The van der Waals surface area contributed by atoms with Crippen molar-refractivity contribution >= 4 is 12.1 Å². The van der Waals surface area contributed by atoms with Crippen LogP contribution in [0, 0.1) is 0 Å². The van der Waals surface area contributed by atoms with Crippen molar-refractivity contribution in [1.29, 1.82) is 0 Å². The fourth-order valence-corrected chi connectivity index (χ4v) is 2.93. The molecule has 0 fully saturated rings. The maximum Gasteiger partial charge on any atom is 0.405 e. The van der Waals surface area contributed by atoms with Crippen LogP contribution < -0.4 is 10.1 Å². The first-order valence-electron chi connectivity index (χ1n) is 9.01. The van der Waals surface area contributed by atoms with Crippen molar-refractivity contribution in [3.05, 3.63) is 101 Å². The van der Waals surface area contributed by atoms with Gasteiger partial charge < -0.3 is 19.9 Å². The Morgan fingerprint density at radius 3 is 2.28 bits per heavy atom. The second-order valence-corrected chi connectivity index (χ2v) is 6.34. The first-order valence-corrected chi connectivity index (χ1v) is 9.01. The molecule has 0 aromatic heterocycles. The first-order chi connectivity index (χ1) is 14.1. The molecular weight excluding hydrogens is 370 g/mol. The summed E-state index contributed by atoms with van der Waals surface area (Å²) < 4.78 is 10.5. The van der Waals surface area contributed by atoms with Gasteiger partial charge in [0.15, 0.2) is 0 Å². The lowest BCUT2D eigenvalue weighted by atomic mass is 9.98. The van der Waals surface area contributed by atoms with Gasteiger partial charge in [-0.05, 0) is 41.0 Å². The van der Waals surface area contributed by atoms with Gasteiger partial charge in [-0.2, -0.15) is 0 Å². The van der Waals surface area contributed by atoms with Gasteiger partial charge in [0.05, 0.1) is 18.7 Å². The number of hydrogen-bond acceptors (Lipinski definition) is 4. The van der Waals surface area contributed by atoms with E-state index in [2.05, 4.69) is 10.1 Å². The Kier molecular flexibility index (Phi) is 6.47. The smallest absolute Gasteiger partial charge is 0.405 e. The van der Waals surface area contributed by atoms with E-state index in [1.165, 1.54) is 7.11 Å². The largest absolute Gasteiger partial charge is 0.489 e. The average Bonchev–Trinajstić information content (AvgIpc) is 2.76. The van der Waals surface area contributed by atoms with Crippen LogP contribution in [0.4, 0.5) is 4.79 Å². The van der Waals surface area contributed by atoms with Crippen LogP contribution in [0.1, 0.15) is 33.1 Å². The third-order valence-corrected chi connectivity index (χ3v) is 4.37. The van der Waals surface area contributed by atoms with Crippen LogP contribution >= 0.6 is 0 Å². The topological polar surface area (TPSA) is 84.9 Å². The Morgan fingerprint density at radius 2 is 1.62 bits per heavy atom. The SMILES string of the molecule is COC(=O)c1ccc(COc2cccc(C(NC(=O)O)c3ccccc3)c2)cc1. The number of benzene rings is 3. The minimum atomic E-state index is -1.10. The van der Waals surface area contributed by atoms with Gasteiger partial charge in [-0.25, -0.2) is 9.59 Å². The molecule has 0 spiro atoms. The molecule has 0 aliphatic carbocycles. The molecule has 3 aromatic rings. The van der Waals surface area contributed by atoms with Gasteiger partial charge in [0.25, 0.3) is 0 Å². The lowest BCUT2D eigenvalue weighted by Crippen LogP contribution is -2.27. The summed E-state index contributed by atoms with van der Waals surface area (Å²) in [6.07, 6.45) is -1.10. The minimum absolute atomic E-state index is 0.313. The molecule has 148 valence electrons. The summed E-state index contributed by atoms with van der Waals surface area (Å²) in [6, 6.07) is 23.1. The zero-order chi connectivity index (χ0) is 20.6. The number of nitrogens with one attached hydrogen (secondary N) is 1. The van der Waals surface area contributed by atoms with Gasteiger partial charge >= 0.3 is 12.1 Å². The maximum absolute atomic E-state index is 11.5. The zero-order valence-electron chi connectivity index (χ0n) is 15.9. The van der Waals surface area contributed by atoms with Crippen molar-refractivity contribution in [2.24, 2.45) is 0 Å². The molecular formula is C23H21NO5. The van der Waals surface area contributed by atoms with Crippen molar-refractivity contribution in [3.63, 3.8) is 0 Å². The number of carbonyl (C=O) groups excluding carboxylic acids is 1. The van der Waals surface area contributed by atoms with Gasteiger partial charge in [0, 0.05) is 0 Å². The third kappa shape index (κ3) is 5.35. The molecule has 2 N–H and O–H groups in total. The Labute approximate surface area is 168 Å².